The number of thiazole rings is 1. The van der Waals surface area contributed by atoms with E-state index >= 15 is 0 Å². The van der Waals surface area contributed by atoms with Gasteiger partial charge >= 0.3 is 5.97 Å². The predicted molar refractivity (Wildman–Crippen MR) is 63.0 cm³/mol. The summed E-state index contributed by atoms with van der Waals surface area (Å²) in [5.41, 5.74) is 1.13. The second kappa shape index (κ2) is 6.68. The summed E-state index contributed by atoms with van der Waals surface area (Å²) in [6.07, 6.45) is 5.36. The van der Waals surface area contributed by atoms with Crippen LogP contribution in [0.25, 0.3) is 10.6 Å². The van der Waals surface area contributed by atoms with Crippen LogP contribution in [0.1, 0.15) is 6.92 Å². The third kappa shape index (κ3) is 4.18. The molecule has 0 bridgehead atoms. The number of carbonyl (C=O) groups is 1. The summed E-state index contributed by atoms with van der Waals surface area (Å²) in [7, 11) is 1.35. The van der Waals surface area contributed by atoms with Crippen LogP contribution in [0.15, 0.2) is 36.1 Å². The summed E-state index contributed by atoms with van der Waals surface area (Å²) in [4.78, 5) is 17.7. The molecule has 2 heterocycles. The van der Waals surface area contributed by atoms with E-state index in [1.807, 2.05) is 17.5 Å². The van der Waals surface area contributed by atoms with Gasteiger partial charge in [-0.15, -0.1) is 11.3 Å². The van der Waals surface area contributed by atoms with E-state index in [0.29, 0.717) is 0 Å². The molecule has 2 rings (SSSR count). The van der Waals surface area contributed by atoms with Gasteiger partial charge in [0.25, 0.3) is 0 Å². The van der Waals surface area contributed by atoms with Crippen molar-refractivity contribution in [2.75, 3.05) is 7.11 Å². The maximum Gasteiger partial charge on any atom is 0.302 e. The van der Waals surface area contributed by atoms with Crippen LogP contribution in [-0.4, -0.2) is 23.0 Å². The first kappa shape index (κ1) is 12.3. The molecule has 84 valence electrons. The number of ether oxygens (including phenoxy) is 1. The van der Waals surface area contributed by atoms with Crippen molar-refractivity contribution in [2.24, 2.45) is 0 Å². The Morgan fingerprint density at radius 2 is 1.94 bits per heavy atom. The lowest BCUT2D eigenvalue weighted by Gasteiger charge is -1.91. The molecule has 0 N–H and O–H groups in total. The molecule has 4 nitrogen and oxygen atoms in total. The number of rotatable bonds is 1. The van der Waals surface area contributed by atoms with E-state index in [2.05, 4.69) is 14.7 Å². The van der Waals surface area contributed by atoms with Gasteiger partial charge in [0.15, 0.2) is 0 Å². The molecule has 0 fully saturated rings. The maximum atomic E-state index is 9.59. The molecule has 0 radical (unpaired) electrons. The van der Waals surface area contributed by atoms with Crippen LogP contribution in [-0.2, 0) is 9.53 Å². The first-order chi connectivity index (χ1) is 7.74. The third-order valence-electron chi connectivity index (χ3n) is 1.65. The van der Waals surface area contributed by atoms with Gasteiger partial charge in [0, 0.05) is 36.5 Å². The highest BCUT2D eigenvalue weighted by Crippen LogP contribution is 2.19. The first-order valence-corrected chi connectivity index (χ1v) is 5.46. The number of pyridine rings is 1. The lowest BCUT2D eigenvalue weighted by Crippen LogP contribution is -1.88. The molecule has 5 heteroatoms. The van der Waals surface area contributed by atoms with Gasteiger partial charge in [-0.2, -0.15) is 0 Å². The Hall–Kier alpha value is -1.75. The Labute approximate surface area is 97.9 Å². The first-order valence-electron chi connectivity index (χ1n) is 4.58. The number of esters is 1. The molecule has 2 aromatic heterocycles. The van der Waals surface area contributed by atoms with Crippen molar-refractivity contribution >= 4 is 17.3 Å². The lowest BCUT2D eigenvalue weighted by atomic mass is 10.3. The summed E-state index contributed by atoms with van der Waals surface area (Å²) < 4.78 is 4.11. The van der Waals surface area contributed by atoms with Gasteiger partial charge in [-0.25, -0.2) is 4.98 Å². The van der Waals surface area contributed by atoms with Crippen LogP contribution < -0.4 is 0 Å². The Morgan fingerprint density at radius 1 is 1.31 bits per heavy atom. The molecule has 16 heavy (non-hydrogen) atoms. The van der Waals surface area contributed by atoms with E-state index in [1.165, 1.54) is 14.0 Å². The van der Waals surface area contributed by atoms with E-state index in [0.717, 1.165) is 10.6 Å². The number of methoxy groups -OCH3 is 1. The molecule has 0 unspecified atom stereocenters. The highest BCUT2D eigenvalue weighted by Gasteiger charge is 1.96. The Bertz CT molecular complexity index is 415. The Kier molecular flexibility index (Phi) is 5.15. The van der Waals surface area contributed by atoms with Gasteiger partial charge in [0.05, 0.1) is 7.11 Å². The van der Waals surface area contributed by atoms with Crippen LogP contribution in [0.5, 0.6) is 0 Å². The fourth-order valence-electron chi connectivity index (χ4n) is 0.861. The number of nitrogens with zero attached hydrogens (tertiary/aromatic N) is 2. The Morgan fingerprint density at radius 3 is 2.38 bits per heavy atom. The number of aromatic nitrogens is 2. The minimum Gasteiger partial charge on any atom is -0.469 e. The highest BCUT2D eigenvalue weighted by molar-refractivity contribution is 7.13. The van der Waals surface area contributed by atoms with Crippen molar-refractivity contribution in [3.05, 3.63) is 36.1 Å². The normalized spacial score (nSPS) is 8.88. The zero-order valence-corrected chi connectivity index (χ0v) is 9.90. The van der Waals surface area contributed by atoms with Crippen molar-refractivity contribution in [3.8, 4) is 10.6 Å². The summed E-state index contributed by atoms with van der Waals surface area (Å²) in [5.74, 6) is -0.245. The second-order valence-corrected chi connectivity index (χ2v) is 3.66. The lowest BCUT2D eigenvalue weighted by molar-refractivity contribution is -0.137. The molecule has 0 atom stereocenters. The van der Waals surface area contributed by atoms with Crippen LogP contribution in [0.4, 0.5) is 0 Å². The minimum absolute atomic E-state index is 0.245. The molecule has 0 saturated carbocycles. The monoisotopic (exact) mass is 236 g/mol. The fourth-order valence-corrected chi connectivity index (χ4v) is 1.50. The standard InChI is InChI=1S/C8H6N2S.C3H6O2/c1-3-9-4-2-7(1)8-10-5-6-11-8;1-3(4)5-2/h1-6H;1-2H3. The zero-order chi connectivity index (χ0) is 11.8. The van der Waals surface area contributed by atoms with Crippen LogP contribution in [0.2, 0.25) is 0 Å². The summed E-state index contributed by atoms with van der Waals surface area (Å²) in [6.45, 7) is 1.36. The van der Waals surface area contributed by atoms with Crippen LogP contribution in [0, 0.1) is 0 Å². The van der Waals surface area contributed by atoms with Gasteiger partial charge in [0.2, 0.25) is 0 Å². The smallest absolute Gasteiger partial charge is 0.302 e. The average Bonchev–Trinajstić information content (AvgIpc) is 2.84. The van der Waals surface area contributed by atoms with Crippen molar-refractivity contribution in [2.45, 2.75) is 6.92 Å². The summed E-state index contributed by atoms with van der Waals surface area (Å²) >= 11 is 1.64. The summed E-state index contributed by atoms with van der Waals surface area (Å²) in [5, 5.41) is 3.02. The molecule has 0 aromatic carbocycles. The molecule has 0 saturated heterocycles. The van der Waals surface area contributed by atoms with Crippen molar-refractivity contribution < 1.29 is 9.53 Å². The van der Waals surface area contributed by atoms with Gasteiger partial charge in [0.1, 0.15) is 5.01 Å². The highest BCUT2D eigenvalue weighted by atomic mass is 32.1. The van der Waals surface area contributed by atoms with E-state index in [1.54, 1.807) is 29.9 Å². The predicted octanol–water partition coefficient (Wildman–Crippen LogP) is 2.38. The quantitative estimate of drug-likeness (QED) is 0.713. The van der Waals surface area contributed by atoms with Gasteiger partial charge in [-0.05, 0) is 12.1 Å². The SMILES string of the molecule is COC(C)=O.c1cc(-c2nccs2)ccn1. The third-order valence-corrected chi connectivity index (χ3v) is 2.47. The second-order valence-electron chi connectivity index (χ2n) is 2.77. The van der Waals surface area contributed by atoms with E-state index in [-0.39, 0.29) is 5.97 Å². The number of hydrogen-bond acceptors (Lipinski definition) is 5. The largest absolute Gasteiger partial charge is 0.469 e. The van der Waals surface area contributed by atoms with E-state index in [9.17, 15) is 4.79 Å². The zero-order valence-electron chi connectivity index (χ0n) is 9.08. The van der Waals surface area contributed by atoms with Gasteiger partial charge < -0.3 is 4.74 Å². The molecular formula is C11H12N2O2S. The molecular weight excluding hydrogens is 224 g/mol. The van der Waals surface area contributed by atoms with Gasteiger partial charge in [-0.1, -0.05) is 0 Å². The van der Waals surface area contributed by atoms with E-state index < -0.39 is 0 Å². The van der Waals surface area contributed by atoms with Crippen molar-refractivity contribution in [1.82, 2.24) is 9.97 Å². The average molecular weight is 236 g/mol. The van der Waals surface area contributed by atoms with Crippen molar-refractivity contribution in [1.29, 1.82) is 0 Å². The van der Waals surface area contributed by atoms with Crippen molar-refractivity contribution in [3.63, 3.8) is 0 Å². The molecule has 0 aliphatic carbocycles. The van der Waals surface area contributed by atoms with Gasteiger partial charge in [-0.3, -0.25) is 9.78 Å². The number of hydrogen-bond donors (Lipinski definition) is 0. The topological polar surface area (TPSA) is 52.1 Å². The summed E-state index contributed by atoms with van der Waals surface area (Å²) in [6, 6.07) is 3.91. The number of carbonyl (C=O) groups excluding carboxylic acids is 1. The van der Waals surface area contributed by atoms with E-state index in [4.69, 9.17) is 0 Å². The molecule has 0 spiro atoms. The van der Waals surface area contributed by atoms with Crippen LogP contribution >= 0.6 is 11.3 Å². The minimum atomic E-state index is -0.245. The molecule has 2 aromatic rings. The Balaban J connectivity index is 0.000000221. The fraction of sp³-hybridized carbons (Fsp3) is 0.182. The molecule has 0 amide bonds. The maximum absolute atomic E-state index is 9.59. The molecule has 0 aliphatic rings. The van der Waals surface area contributed by atoms with Crippen LogP contribution in [0.3, 0.4) is 0 Å². The molecule has 0 aliphatic heterocycles.